The minimum atomic E-state index is -0.113. The van der Waals surface area contributed by atoms with Gasteiger partial charge < -0.3 is 14.4 Å². The fraction of sp³-hybridized carbons (Fsp3) is 0.350. The van der Waals surface area contributed by atoms with Crippen molar-refractivity contribution in [2.24, 2.45) is 0 Å². The molecular weight excluding hydrogens is 358 g/mol. The quantitative estimate of drug-likeness (QED) is 0.727. The summed E-state index contributed by atoms with van der Waals surface area (Å²) in [5.74, 6) is 1.14. The van der Waals surface area contributed by atoms with E-state index in [1.165, 1.54) is 6.33 Å². The van der Waals surface area contributed by atoms with Gasteiger partial charge in [0.15, 0.2) is 0 Å². The molecule has 8 nitrogen and oxygen atoms in total. The molecule has 8 heteroatoms. The molecule has 0 aliphatic carbocycles. The third kappa shape index (κ3) is 3.85. The molecule has 0 saturated carbocycles. The predicted octanol–water partition coefficient (Wildman–Crippen LogP) is 2.04. The zero-order valence-electron chi connectivity index (χ0n) is 15.6. The molecule has 2 aromatic heterocycles. The molecule has 3 aromatic rings. The fourth-order valence-corrected chi connectivity index (χ4v) is 3.39. The van der Waals surface area contributed by atoms with Crippen molar-refractivity contribution >= 4 is 5.91 Å². The molecule has 0 unspecified atom stereocenters. The van der Waals surface area contributed by atoms with E-state index < -0.39 is 0 Å². The van der Waals surface area contributed by atoms with Crippen LogP contribution in [-0.4, -0.2) is 37.5 Å². The van der Waals surface area contributed by atoms with Crippen LogP contribution < -0.4 is 5.56 Å². The van der Waals surface area contributed by atoms with Crippen molar-refractivity contribution in [1.29, 1.82) is 0 Å². The first-order chi connectivity index (χ1) is 13.6. The highest BCUT2D eigenvalue weighted by Gasteiger charge is 2.23. The lowest BCUT2D eigenvalue weighted by Crippen LogP contribution is -2.38. The summed E-state index contributed by atoms with van der Waals surface area (Å²) in [5.41, 5.74) is 3.30. The van der Waals surface area contributed by atoms with E-state index in [4.69, 9.17) is 4.52 Å². The number of aryl methyl sites for hydroxylation is 2. The Morgan fingerprint density at radius 1 is 1.36 bits per heavy atom. The maximum absolute atomic E-state index is 12.5. The average Bonchev–Trinajstić information content (AvgIpc) is 3.17. The van der Waals surface area contributed by atoms with Crippen molar-refractivity contribution < 1.29 is 9.32 Å². The molecule has 1 amide bonds. The van der Waals surface area contributed by atoms with Gasteiger partial charge in [0.2, 0.25) is 17.6 Å². The molecule has 1 aliphatic rings. The number of aromatic nitrogens is 4. The van der Waals surface area contributed by atoms with Crippen LogP contribution in [-0.2, 0) is 24.2 Å². The number of fused-ring (bicyclic) bond motifs is 1. The number of nitrogens with one attached hydrogen (secondary N) is 1. The first kappa shape index (κ1) is 18.1. The van der Waals surface area contributed by atoms with Crippen LogP contribution in [0.3, 0.4) is 0 Å². The van der Waals surface area contributed by atoms with Crippen LogP contribution in [0.4, 0.5) is 0 Å². The van der Waals surface area contributed by atoms with Gasteiger partial charge in [-0.3, -0.25) is 9.59 Å². The van der Waals surface area contributed by atoms with Gasteiger partial charge in [0.1, 0.15) is 0 Å². The minimum absolute atomic E-state index is 0.0474. The molecule has 1 N–H and O–H groups in total. The van der Waals surface area contributed by atoms with Gasteiger partial charge in [-0.2, -0.15) is 4.98 Å². The van der Waals surface area contributed by atoms with Gasteiger partial charge in [0.25, 0.3) is 5.56 Å². The molecule has 3 heterocycles. The van der Waals surface area contributed by atoms with Crippen LogP contribution in [0.15, 0.2) is 39.9 Å². The van der Waals surface area contributed by atoms with Gasteiger partial charge in [-0.25, -0.2) is 4.98 Å². The predicted molar refractivity (Wildman–Crippen MR) is 101 cm³/mol. The number of hydrogen-bond acceptors (Lipinski definition) is 6. The lowest BCUT2D eigenvalue weighted by Gasteiger charge is -2.27. The maximum Gasteiger partial charge on any atom is 0.254 e. The number of carbonyl (C=O) groups excluding carboxylic acids is 1. The van der Waals surface area contributed by atoms with Crippen LogP contribution in [0, 0.1) is 6.92 Å². The summed E-state index contributed by atoms with van der Waals surface area (Å²) in [5, 5.41) is 4.03. The molecule has 4 rings (SSSR count). The largest absolute Gasteiger partial charge is 0.339 e. The molecule has 0 saturated heterocycles. The number of aromatic amines is 1. The number of carbonyl (C=O) groups is 1. The molecule has 0 radical (unpaired) electrons. The Kier molecular flexibility index (Phi) is 5.01. The maximum atomic E-state index is 12.5. The molecule has 0 spiro atoms. The van der Waals surface area contributed by atoms with Crippen LogP contribution in [0.25, 0.3) is 11.4 Å². The number of benzene rings is 1. The van der Waals surface area contributed by atoms with E-state index in [9.17, 15) is 9.59 Å². The Bertz CT molecular complexity index is 1060. The monoisotopic (exact) mass is 379 g/mol. The van der Waals surface area contributed by atoms with Gasteiger partial charge >= 0.3 is 0 Å². The molecular formula is C20H21N5O3. The van der Waals surface area contributed by atoms with Crippen LogP contribution in [0.1, 0.15) is 35.6 Å². The van der Waals surface area contributed by atoms with Crippen LogP contribution in [0.5, 0.6) is 0 Å². The summed E-state index contributed by atoms with van der Waals surface area (Å²) >= 11 is 0. The second-order valence-electron chi connectivity index (χ2n) is 6.96. The Balaban J connectivity index is 1.31. The highest BCUT2D eigenvalue weighted by atomic mass is 16.5. The van der Waals surface area contributed by atoms with E-state index >= 15 is 0 Å². The highest BCUT2D eigenvalue weighted by Crippen LogP contribution is 2.18. The van der Waals surface area contributed by atoms with Crippen molar-refractivity contribution in [2.45, 2.75) is 39.2 Å². The fourth-order valence-electron chi connectivity index (χ4n) is 3.39. The summed E-state index contributed by atoms with van der Waals surface area (Å²) in [7, 11) is 0. The third-order valence-corrected chi connectivity index (χ3v) is 4.89. The van der Waals surface area contributed by atoms with Crippen molar-refractivity contribution in [2.75, 3.05) is 6.54 Å². The first-order valence-electron chi connectivity index (χ1n) is 9.33. The van der Waals surface area contributed by atoms with Gasteiger partial charge in [0, 0.05) is 30.5 Å². The Morgan fingerprint density at radius 2 is 2.25 bits per heavy atom. The van der Waals surface area contributed by atoms with Crippen molar-refractivity contribution in [3.8, 4) is 11.4 Å². The number of rotatable bonds is 5. The van der Waals surface area contributed by atoms with Crippen LogP contribution in [0.2, 0.25) is 0 Å². The van der Waals surface area contributed by atoms with E-state index in [0.29, 0.717) is 61.7 Å². The Morgan fingerprint density at radius 3 is 3.11 bits per heavy atom. The van der Waals surface area contributed by atoms with Gasteiger partial charge in [-0.15, -0.1) is 0 Å². The molecule has 0 bridgehead atoms. The van der Waals surface area contributed by atoms with Gasteiger partial charge in [-0.05, 0) is 25.8 Å². The lowest BCUT2D eigenvalue weighted by molar-refractivity contribution is -0.132. The zero-order valence-corrected chi connectivity index (χ0v) is 15.6. The topological polar surface area (TPSA) is 105 Å². The second-order valence-corrected chi connectivity index (χ2v) is 6.96. The average molecular weight is 379 g/mol. The summed E-state index contributed by atoms with van der Waals surface area (Å²) < 4.78 is 5.31. The van der Waals surface area contributed by atoms with Crippen molar-refractivity contribution in [1.82, 2.24) is 25.0 Å². The Hall–Kier alpha value is -3.29. The normalized spacial score (nSPS) is 13.4. The number of H-pyrrole nitrogens is 1. The van der Waals surface area contributed by atoms with E-state index in [-0.39, 0.29) is 11.5 Å². The molecule has 144 valence electrons. The third-order valence-electron chi connectivity index (χ3n) is 4.89. The number of amides is 1. The molecule has 0 atom stereocenters. The van der Waals surface area contributed by atoms with Gasteiger partial charge in [0.05, 0.1) is 18.6 Å². The molecule has 1 aromatic carbocycles. The van der Waals surface area contributed by atoms with E-state index in [1.54, 1.807) is 4.90 Å². The zero-order chi connectivity index (χ0) is 19.5. The van der Waals surface area contributed by atoms with E-state index in [1.807, 2.05) is 31.2 Å². The van der Waals surface area contributed by atoms with E-state index in [2.05, 4.69) is 20.1 Å². The smallest absolute Gasteiger partial charge is 0.254 e. The summed E-state index contributed by atoms with van der Waals surface area (Å²) in [6.45, 7) is 2.94. The molecule has 0 fully saturated rings. The highest BCUT2D eigenvalue weighted by molar-refractivity contribution is 5.76. The van der Waals surface area contributed by atoms with Crippen molar-refractivity contribution in [3.05, 3.63) is 63.7 Å². The van der Waals surface area contributed by atoms with Crippen molar-refractivity contribution in [3.63, 3.8) is 0 Å². The van der Waals surface area contributed by atoms with Gasteiger partial charge in [-0.1, -0.05) is 28.9 Å². The van der Waals surface area contributed by atoms with Crippen LogP contribution >= 0.6 is 0 Å². The Labute approximate surface area is 161 Å². The standard InChI is InChI=1S/C20H21N5O3/c1-13-4-2-5-14(10-13)19-23-17(28-24-19)6-3-7-18(26)25-9-8-15-16(11-25)21-12-22-20(15)27/h2,4-5,10,12H,3,6-9,11H2,1H3,(H,21,22,27). The molecule has 28 heavy (non-hydrogen) atoms. The first-order valence-corrected chi connectivity index (χ1v) is 9.33. The second kappa shape index (κ2) is 7.75. The minimum Gasteiger partial charge on any atom is -0.339 e. The molecule has 1 aliphatic heterocycles. The SMILES string of the molecule is Cc1cccc(-c2noc(CCCC(=O)N3CCc4c(nc[nH]c4=O)C3)n2)c1. The number of hydrogen-bond donors (Lipinski definition) is 1. The lowest BCUT2D eigenvalue weighted by atomic mass is 10.1. The van der Waals surface area contributed by atoms with E-state index in [0.717, 1.165) is 11.1 Å². The number of nitrogens with zero attached hydrogens (tertiary/aromatic N) is 4. The summed E-state index contributed by atoms with van der Waals surface area (Å²) in [6, 6.07) is 7.92. The summed E-state index contributed by atoms with van der Waals surface area (Å²) in [4.78, 5) is 37.2. The summed E-state index contributed by atoms with van der Waals surface area (Å²) in [6.07, 6.45) is 3.48.